The van der Waals surface area contributed by atoms with Crippen molar-refractivity contribution in [2.75, 3.05) is 0 Å². The number of benzene rings is 1. The maximum atomic E-state index is 10.4. The van der Waals surface area contributed by atoms with Gasteiger partial charge in [0.05, 0.1) is 0 Å². The Balaban J connectivity index is 1.72. The molecular formula is C13H16O. The number of carbonyl (C=O) groups excluding carboxylic acids is 1. The van der Waals surface area contributed by atoms with Crippen LogP contribution >= 0.6 is 0 Å². The van der Waals surface area contributed by atoms with Crippen LogP contribution in [-0.4, -0.2) is 6.29 Å². The van der Waals surface area contributed by atoms with Gasteiger partial charge in [-0.15, -0.1) is 0 Å². The molecular weight excluding hydrogens is 172 g/mol. The van der Waals surface area contributed by atoms with Gasteiger partial charge in [-0.1, -0.05) is 30.3 Å². The van der Waals surface area contributed by atoms with Crippen LogP contribution in [0.4, 0.5) is 0 Å². The first-order chi connectivity index (χ1) is 6.88. The molecule has 1 aromatic rings. The zero-order chi connectivity index (χ0) is 9.80. The van der Waals surface area contributed by atoms with Crippen molar-refractivity contribution in [2.45, 2.75) is 25.7 Å². The topological polar surface area (TPSA) is 17.1 Å². The lowest BCUT2D eigenvalue weighted by Gasteiger charge is -2.31. The van der Waals surface area contributed by atoms with Gasteiger partial charge in [-0.3, -0.25) is 0 Å². The molecule has 0 aliphatic heterocycles. The summed E-state index contributed by atoms with van der Waals surface area (Å²) in [6, 6.07) is 10.6. The van der Waals surface area contributed by atoms with Crippen LogP contribution in [0.1, 0.15) is 24.8 Å². The van der Waals surface area contributed by atoms with Crippen molar-refractivity contribution in [3.63, 3.8) is 0 Å². The van der Waals surface area contributed by atoms with Gasteiger partial charge in [0, 0.05) is 5.92 Å². The van der Waals surface area contributed by atoms with Gasteiger partial charge in [0.25, 0.3) is 0 Å². The molecule has 0 saturated heterocycles. The molecule has 14 heavy (non-hydrogen) atoms. The molecule has 0 bridgehead atoms. The minimum absolute atomic E-state index is 0.371. The fourth-order valence-electron chi connectivity index (χ4n) is 2.15. The van der Waals surface area contributed by atoms with E-state index in [1.165, 1.54) is 12.0 Å². The maximum absolute atomic E-state index is 10.4. The van der Waals surface area contributed by atoms with E-state index in [1.807, 2.05) is 0 Å². The number of rotatable bonds is 4. The molecule has 1 saturated carbocycles. The predicted octanol–water partition coefficient (Wildman–Crippen LogP) is 2.84. The Bertz CT molecular complexity index is 285. The molecule has 0 unspecified atom stereocenters. The first-order valence-electron chi connectivity index (χ1n) is 5.37. The summed E-state index contributed by atoms with van der Waals surface area (Å²) in [6.07, 6.45) is 5.76. The van der Waals surface area contributed by atoms with Crippen molar-refractivity contribution in [3.05, 3.63) is 35.9 Å². The van der Waals surface area contributed by atoms with Crippen LogP contribution in [0.2, 0.25) is 0 Å². The Morgan fingerprint density at radius 3 is 2.57 bits per heavy atom. The Kier molecular flexibility index (Phi) is 2.97. The van der Waals surface area contributed by atoms with Gasteiger partial charge >= 0.3 is 0 Å². The second-order valence-corrected chi connectivity index (χ2v) is 4.26. The third-order valence-electron chi connectivity index (χ3n) is 3.15. The monoisotopic (exact) mass is 188 g/mol. The molecule has 0 atom stereocenters. The van der Waals surface area contributed by atoms with Gasteiger partial charge in [-0.25, -0.2) is 0 Å². The third kappa shape index (κ3) is 2.22. The molecule has 2 rings (SSSR count). The Morgan fingerprint density at radius 2 is 1.93 bits per heavy atom. The van der Waals surface area contributed by atoms with E-state index in [2.05, 4.69) is 30.3 Å². The lowest BCUT2D eigenvalue weighted by Crippen LogP contribution is -2.24. The van der Waals surface area contributed by atoms with Crippen molar-refractivity contribution in [3.8, 4) is 0 Å². The molecule has 0 heterocycles. The van der Waals surface area contributed by atoms with E-state index >= 15 is 0 Å². The van der Waals surface area contributed by atoms with Crippen molar-refractivity contribution in [1.29, 1.82) is 0 Å². The standard InChI is InChI=1S/C13H16O/c14-10-13-8-12(9-13)7-6-11-4-2-1-3-5-11/h1-5,10,12-13H,6-9H2. The molecule has 1 aliphatic rings. The van der Waals surface area contributed by atoms with E-state index in [4.69, 9.17) is 0 Å². The van der Waals surface area contributed by atoms with Crippen molar-refractivity contribution in [2.24, 2.45) is 11.8 Å². The van der Waals surface area contributed by atoms with Crippen molar-refractivity contribution in [1.82, 2.24) is 0 Å². The second-order valence-electron chi connectivity index (χ2n) is 4.26. The van der Waals surface area contributed by atoms with Gasteiger partial charge in [0.15, 0.2) is 0 Å². The van der Waals surface area contributed by atoms with E-state index in [1.54, 1.807) is 0 Å². The summed E-state index contributed by atoms with van der Waals surface area (Å²) >= 11 is 0. The molecule has 0 N–H and O–H groups in total. The first kappa shape index (κ1) is 9.45. The highest BCUT2D eigenvalue weighted by Gasteiger charge is 2.27. The summed E-state index contributed by atoms with van der Waals surface area (Å²) in [7, 11) is 0. The van der Waals surface area contributed by atoms with Crippen LogP contribution in [0.3, 0.4) is 0 Å². The first-order valence-corrected chi connectivity index (χ1v) is 5.37. The summed E-state index contributed by atoms with van der Waals surface area (Å²) in [4.78, 5) is 10.4. The summed E-state index contributed by atoms with van der Waals surface area (Å²) in [5.74, 6) is 1.17. The van der Waals surface area contributed by atoms with Crippen LogP contribution in [0.25, 0.3) is 0 Å². The Hall–Kier alpha value is -1.11. The molecule has 74 valence electrons. The van der Waals surface area contributed by atoms with Crippen molar-refractivity contribution >= 4 is 6.29 Å². The SMILES string of the molecule is O=CC1CC(CCc2ccccc2)C1. The molecule has 0 spiro atoms. The molecule has 1 aromatic carbocycles. The summed E-state index contributed by atoms with van der Waals surface area (Å²) in [6.45, 7) is 0. The Morgan fingerprint density at radius 1 is 1.21 bits per heavy atom. The van der Waals surface area contributed by atoms with Crippen LogP contribution < -0.4 is 0 Å². The molecule has 1 heteroatoms. The van der Waals surface area contributed by atoms with E-state index in [0.29, 0.717) is 5.92 Å². The lowest BCUT2D eigenvalue weighted by atomic mass is 9.73. The fraction of sp³-hybridized carbons (Fsp3) is 0.462. The number of aldehydes is 1. The zero-order valence-corrected chi connectivity index (χ0v) is 8.36. The number of hydrogen-bond acceptors (Lipinski definition) is 1. The Labute approximate surface area is 85.1 Å². The largest absolute Gasteiger partial charge is 0.303 e. The van der Waals surface area contributed by atoms with Gasteiger partial charge in [-0.2, -0.15) is 0 Å². The highest BCUT2D eigenvalue weighted by atomic mass is 16.1. The quantitative estimate of drug-likeness (QED) is 0.664. The molecule has 1 nitrogen and oxygen atoms in total. The van der Waals surface area contributed by atoms with E-state index in [-0.39, 0.29) is 0 Å². The maximum Gasteiger partial charge on any atom is 0.123 e. The van der Waals surface area contributed by atoms with Gasteiger partial charge in [0.1, 0.15) is 6.29 Å². The van der Waals surface area contributed by atoms with E-state index in [0.717, 1.165) is 31.5 Å². The smallest absolute Gasteiger partial charge is 0.123 e. The van der Waals surface area contributed by atoms with E-state index < -0.39 is 0 Å². The molecule has 0 aromatic heterocycles. The predicted molar refractivity (Wildman–Crippen MR) is 57.0 cm³/mol. The average Bonchev–Trinajstić information content (AvgIpc) is 2.17. The minimum Gasteiger partial charge on any atom is -0.303 e. The molecule has 1 fully saturated rings. The van der Waals surface area contributed by atoms with Crippen LogP contribution in [0.5, 0.6) is 0 Å². The molecule has 1 aliphatic carbocycles. The summed E-state index contributed by atoms with van der Waals surface area (Å²) in [5, 5.41) is 0. The number of aryl methyl sites for hydroxylation is 1. The zero-order valence-electron chi connectivity index (χ0n) is 8.36. The third-order valence-corrected chi connectivity index (χ3v) is 3.15. The van der Waals surface area contributed by atoms with Crippen molar-refractivity contribution < 1.29 is 4.79 Å². The van der Waals surface area contributed by atoms with Crippen LogP contribution in [0, 0.1) is 11.8 Å². The van der Waals surface area contributed by atoms with Gasteiger partial charge in [0.2, 0.25) is 0 Å². The summed E-state index contributed by atoms with van der Waals surface area (Å²) < 4.78 is 0. The fourth-order valence-corrected chi connectivity index (χ4v) is 2.15. The van der Waals surface area contributed by atoms with Crippen LogP contribution in [0.15, 0.2) is 30.3 Å². The lowest BCUT2D eigenvalue weighted by molar-refractivity contribution is -0.114. The minimum atomic E-state index is 0.371. The number of hydrogen-bond donors (Lipinski definition) is 0. The average molecular weight is 188 g/mol. The number of carbonyl (C=O) groups is 1. The highest BCUT2D eigenvalue weighted by Crippen LogP contribution is 2.35. The molecule has 0 amide bonds. The van der Waals surface area contributed by atoms with E-state index in [9.17, 15) is 4.79 Å². The second kappa shape index (κ2) is 4.41. The van der Waals surface area contributed by atoms with Gasteiger partial charge in [-0.05, 0) is 37.2 Å². The summed E-state index contributed by atoms with van der Waals surface area (Å²) in [5.41, 5.74) is 1.42. The van der Waals surface area contributed by atoms with Gasteiger partial charge < -0.3 is 4.79 Å². The normalized spacial score (nSPS) is 25.4. The highest BCUT2D eigenvalue weighted by molar-refractivity contribution is 5.54. The molecule has 0 radical (unpaired) electrons. The van der Waals surface area contributed by atoms with Crippen LogP contribution in [-0.2, 0) is 11.2 Å².